The van der Waals surface area contributed by atoms with E-state index >= 15 is 0 Å². The van der Waals surface area contributed by atoms with Crippen LogP contribution >= 0.6 is 0 Å². The number of rotatable bonds is 0. The van der Waals surface area contributed by atoms with Crippen molar-refractivity contribution in [3.05, 3.63) is 29.8 Å². The molecule has 0 fully saturated rings. The molecule has 0 saturated heterocycles. The van der Waals surface area contributed by atoms with E-state index in [4.69, 9.17) is 0 Å². The summed E-state index contributed by atoms with van der Waals surface area (Å²) in [5.74, 6) is 0. The molecule has 0 saturated carbocycles. The summed E-state index contributed by atoms with van der Waals surface area (Å²) >= 11 is 2.36. The third-order valence-corrected chi connectivity index (χ3v) is 1.94. The monoisotopic (exact) mass is 225 g/mol. The molecule has 0 unspecified atom stereocenters. The molecule has 0 aliphatic carbocycles. The summed E-state index contributed by atoms with van der Waals surface area (Å²) in [7, 11) is 0. The van der Waals surface area contributed by atoms with Gasteiger partial charge in [-0.3, -0.25) is 0 Å². The molecule has 0 radical (unpaired) electrons. The van der Waals surface area contributed by atoms with Crippen LogP contribution in [0.1, 0.15) is 5.56 Å². The first-order chi connectivity index (χ1) is 5.02. The van der Waals surface area contributed by atoms with Gasteiger partial charge in [-0.15, -0.1) is 0 Å². The van der Waals surface area contributed by atoms with Crippen LogP contribution in [0.5, 0.6) is 0 Å². The van der Waals surface area contributed by atoms with Gasteiger partial charge >= 0.3 is 69.7 Å². The van der Waals surface area contributed by atoms with Gasteiger partial charge in [0.1, 0.15) is 0 Å². The quantitative estimate of drug-likeness (QED) is 0.586. The van der Waals surface area contributed by atoms with Crippen LogP contribution in [-0.2, 0) is 6.18 Å². The van der Waals surface area contributed by atoms with Gasteiger partial charge in [0.2, 0.25) is 0 Å². The molecule has 0 aliphatic heterocycles. The van der Waals surface area contributed by atoms with Crippen molar-refractivity contribution in [2.24, 2.45) is 0 Å². The van der Waals surface area contributed by atoms with E-state index in [-0.39, 0.29) is 4.46 Å². The second-order valence-electron chi connectivity index (χ2n) is 1.99. The Kier molecular flexibility index (Phi) is 2.25. The summed E-state index contributed by atoms with van der Waals surface area (Å²) in [5, 5.41) is 0. The van der Waals surface area contributed by atoms with Gasteiger partial charge in [0, 0.05) is 0 Å². The molecule has 0 aliphatic rings. The molecule has 0 spiro atoms. The van der Waals surface area contributed by atoms with Crippen LogP contribution in [0.3, 0.4) is 0 Å². The number of hydrogen-bond acceptors (Lipinski definition) is 0. The summed E-state index contributed by atoms with van der Waals surface area (Å²) in [6, 6.07) is 5.36. The Hall–Kier alpha value is -0.471. The van der Waals surface area contributed by atoms with Gasteiger partial charge in [0.05, 0.1) is 0 Å². The topological polar surface area (TPSA) is 0 Å². The van der Waals surface area contributed by atoms with E-state index in [1.807, 2.05) is 0 Å². The summed E-state index contributed by atoms with van der Waals surface area (Å²) in [6.07, 6.45) is -4.25. The predicted molar refractivity (Wildman–Crippen MR) is 36.8 cm³/mol. The minimum absolute atomic E-state index is 0.139. The van der Waals surface area contributed by atoms with Crippen LogP contribution in [0.2, 0.25) is 0 Å². The van der Waals surface area contributed by atoms with Crippen LogP contribution in [0.15, 0.2) is 24.3 Å². The Balaban J connectivity index is 3.14. The van der Waals surface area contributed by atoms with Crippen LogP contribution < -0.4 is 4.46 Å². The Labute approximate surface area is 70.2 Å². The number of benzene rings is 1. The molecular formula is C7H4F3Se-. The van der Waals surface area contributed by atoms with Gasteiger partial charge < -0.3 is 0 Å². The molecule has 1 rings (SSSR count). The average Bonchev–Trinajstić information content (AvgIpc) is 1.86. The fourth-order valence-electron chi connectivity index (χ4n) is 0.701. The molecule has 0 nitrogen and oxygen atoms in total. The average molecular weight is 224 g/mol. The van der Waals surface area contributed by atoms with E-state index in [0.717, 1.165) is 6.07 Å². The van der Waals surface area contributed by atoms with Gasteiger partial charge in [-0.25, -0.2) is 0 Å². The molecule has 11 heavy (non-hydrogen) atoms. The molecular weight excluding hydrogens is 220 g/mol. The van der Waals surface area contributed by atoms with Crippen LogP contribution in [0, 0.1) is 0 Å². The molecule has 60 valence electrons. The van der Waals surface area contributed by atoms with E-state index in [0.29, 0.717) is 0 Å². The molecule has 0 atom stereocenters. The van der Waals surface area contributed by atoms with Crippen molar-refractivity contribution in [3.8, 4) is 0 Å². The third-order valence-electron chi connectivity index (χ3n) is 1.19. The van der Waals surface area contributed by atoms with Crippen molar-refractivity contribution in [1.82, 2.24) is 0 Å². The molecule has 0 bridgehead atoms. The van der Waals surface area contributed by atoms with E-state index in [1.54, 1.807) is 6.07 Å². The standard InChI is InChI=1S/C7H5F3Se/c8-7(9,10)5-3-1-2-4-6(5)11/h1-4,11H/p-1. The van der Waals surface area contributed by atoms with E-state index < -0.39 is 11.7 Å². The Morgan fingerprint density at radius 3 is 2.00 bits per heavy atom. The van der Waals surface area contributed by atoms with E-state index in [1.165, 1.54) is 12.1 Å². The summed E-state index contributed by atoms with van der Waals surface area (Å²) in [5.41, 5.74) is -0.611. The van der Waals surface area contributed by atoms with Gasteiger partial charge in [-0.2, -0.15) is 0 Å². The summed E-state index contributed by atoms with van der Waals surface area (Å²) in [6.45, 7) is 0. The van der Waals surface area contributed by atoms with Crippen molar-refractivity contribution in [3.63, 3.8) is 0 Å². The van der Waals surface area contributed by atoms with E-state index in [2.05, 4.69) is 16.0 Å². The second-order valence-corrected chi connectivity index (χ2v) is 2.92. The zero-order valence-electron chi connectivity index (χ0n) is 5.35. The fraction of sp³-hybridized carbons (Fsp3) is 0.143. The number of alkyl halides is 3. The van der Waals surface area contributed by atoms with Crippen molar-refractivity contribution in [2.45, 2.75) is 6.18 Å². The van der Waals surface area contributed by atoms with Crippen LogP contribution in [0.4, 0.5) is 13.2 Å². The summed E-state index contributed by atoms with van der Waals surface area (Å²) < 4.78 is 36.2. The molecule has 1 aromatic carbocycles. The van der Waals surface area contributed by atoms with Crippen LogP contribution in [-0.4, -0.2) is 16.0 Å². The van der Waals surface area contributed by atoms with E-state index in [9.17, 15) is 13.2 Å². The van der Waals surface area contributed by atoms with Gasteiger partial charge in [-0.1, -0.05) is 0 Å². The van der Waals surface area contributed by atoms with Crippen molar-refractivity contribution in [1.29, 1.82) is 0 Å². The first-order valence-corrected chi connectivity index (χ1v) is 3.70. The van der Waals surface area contributed by atoms with Crippen molar-refractivity contribution >= 4 is 20.5 Å². The maximum atomic E-state index is 12.0. The molecule has 0 heterocycles. The zero-order chi connectivity index (χ0) is 8.48. The Bertz CT molecular complexity index is 254. The SMILES string of the molecule is FC(F)(F)c1ccccc1[Se-]. The molecule has 0 amide bonds. The third kappa shape index (κ3) is 1.98. The molecule has 0 N–H and O–H groups in total. The molecule has 1 aromatic rings. The zero-order valence-corrected chi connectivity index (χ0v) is 7.06. The fourth-order valence-corrected chi connectivity index (χ4v) is 1.25. The first-order valence-electron chi connectivity index (χ1n) is 2.85. The number of hydrogen-bond donors (Lipinski definition) is 0. The minimum atomic E-state index is -4.25. The summed E-state index contributed by atoms with van der Waals surface area (Å²) in [4.78, 5) is 0. The number of halogens is 3. The van der Waals surface area contributed by atoms with Crippen LogP contribution in [0.25, 0.3) is 0 Å². The molecule has 4 heteroatoms. The normalized spacial score (nSPS) is 11.5. The first kappa shape index (κ1) is 8.62. The van der Waals surface area contributed by atoms with Crippen molar-refractivity contribution in [2.75, 3.05) is 0 Å². The molecule has 0 aromatic heterocycles. The predicted octanol–water partition coefficient (Wildman–Crippen LogP) is 1.50. The maximum absolute atomic E-state index is 12.0. The van der Waals surface area contributed by atoms with Crippen molar-refractivity contribution < 1.29 is 13.2 Å². The van der Waals surface area contributed by atoms with Gasteiger partial charge in [0.25, 0.3) is 0 Å². The second kappa shape index (κ2) is 2.87. The van der Waals surface area contributed by atoms with Gasteiger partial charge in [-0.05, 0) is 0 Å². The van der Waals surface area contributed by atoms with Gasteiger partial charge in [0.15, 0.2) is 0 Å². The Morgan fingerprint density at radius 2 is 1.64 bits per heavy atom. The Morgan fingerprint density at radius 1 is 1.09 bits per heavy atom.